The van der Waals surface area contributed by atoms with E-state index >= 15 is 0 Å². The summed E-state index contributed by atoms with van der Waals surface area (Å²) in [4.78, 5) is 33.9. The van der Waals surface area contributed by atoms with Crippen LogP contribution in [0.15, 0.2) is 18.2 Å². The molecular formula is C12H14N2O5. The standard InChI is InChI=1S/C12H14N2O5/c1-8(12(16)13(2)3)19-11-6-9(7-15)4-5-10(11)14(17)18/h4-8H,1-3H3. The molecule has 0 spiro atoms. The highest BCUT2D eigenvalue weighted by molar-refractivity contribution is 5.81. The van der Waals surface area contributed by atoms with Gasteiger partial charge >= 0.3 is 5.69 Å². The second-order valence-corrected chi connectivity index (χ2v) is 4.09. The molecule has 1 aromatic rings. The number of ether oxygens (including phenoxy) is 1. The van der Waals surface area contributed by atoms with Crippen molar-refractivity contribution in [1.29, 1.82) is 0 Å². The van der Waals surface area contributed by atoms with E-state index in [1.165, 1.54) is 30.0 Å². The van der Waals surface area contributed by atoms with Gasteiger partial charge in [-0.2, -0.15) is 0 Å². The molecule has 7 nitrogen and oxygen atoms in total. The van der Waals surface area contributed by atoms with Crippen molar-refractivity contribution in [2.75, 3.05) is 14.1 Å². The van der Waals surface area contributed by atoms with Crippen LogP contribution in [0.2, 0.25) is 0 Å². The van der Waals surface area contributed by atoms with Crippen LogP contribution in [0.1, 0.15) is 17.3 Å². The zero-order chi connectivity index (χ0) is 14.6. The van der Waals surface area contributed by atoms with Crippen molar-refractivity contribution in [3.05, 3.63) is 33.9 Å². The van der Waals surface area contributed by atoms with Gasteiger partial charge in [0.2, 0.25) is 0 Å². The average Bonchev–Trinajstić information content (AvgIpc) is 2.36. The minimum atomic E-state index is -0.879. The molecule has 0 saturated carbocycles. The van der Waals surface area contributed by atoms with Gasteiger partial charge in [-0.1, -0.05) is 0 Å². The number of hydrogen-bond donors (Lipinski definition) is 0. The van der Waals surface area contributed by atoms with Crippen LogP contribution in [0.4, 0.5) is 5.69 Å². The van der Waals surface area contributed by atoms with Gasteiger partial charge in [0.15, 0.2) is 11.9 Å². The Morgan fingerprint density at radius 2 is 2.11 bits per heavy atom. The van der Waals surface area contributed by atoms with Gasteiger partial charge in [-0.3, -0.25) is 19.7 Å². The third-order valence-electron chi connectivity index (χ3n) is 2.41. The molecule has 1 amide bonds. The molecule has 1 aromatic carbocycles. The fourth-order valence-corrected chi connectivity index (χ4v) is 1.45. The van der Waals surface area contributed by atoms with Crippen LogP contribution in [0.3, 0.4) is 0 Å². The van der Waals surface area contributed by atoms with Crippen LogP contribution < -0.4 is 4.74 Å². The fourth-order valence-electron chi connectivity index (χ4n) is 1.45. The lowest BCUT2D eigenvalue weighted by Crippen LogP contribution is -2.35. The van der Waals surface area contributed by atoms with Gasteiger partial charge < -0.3 is 9.64 Å². The largest absolute Gasteiger partial charge is 0.474 e. The Morgan fingerprint density at radius 3 is 2.58 bits per heavy atom. The molecule has 0 aromatic heterocycles. The van der Waals surface area contributed by atoms with E-state index in [2.05, 4.69) is 0 Å². The van der Waals surface area contributed by atoms with Crippen molar-refractivity contribution < 1.29 is 19.2 Å². The molecule has 0 aliphatic rings. The molecule has 0 aliphatic heterocycles. The summed E-state index contributed by atoms with van der Waals surface area (Å²) in [5.41, 5.74) is -0.0471. The smallest absolute Gasteiger partial charge is 0.310 e. The van der Waals surface area contributed by atoms with E-state index < -0.39 is 11.0 Å². The lowest BCUT2D eigenvalue weighted by atomic mass is 10.2. The summed E-state index contributed by atoms with van der Waals surface area (Å²) < 4.78 is 5.28. The van der Waals surface area contributed by atoms with Crippen LogP contribution in [-0.4, -0.2) is 42.2 Å². The molecule has 0 bridgehead atoms. The summed E-state index contributed by atoms with van der Waals surface area (Å²) in [6.07, 6.45) is -0.328. The predicted molar refractivity (Wildman–Crippen MR) is 67.3 cm³/mol. The molecule has 19 heavy (non-hydrogen) atoms. The number of nitro groups is 1. The van der Waals surface area contributed by atoms with Crippen molar-refractivity contribution in [3.8, 4) is 5.75 Å². The number of amides is 1. The van der Waals surface area contributed by atoms with Crippen LogP contribution in [0.5, 0.6) is 5.75 Å². The normalized spacial score (nSPS) is 11.5. The number of likely N-dealkylation sites (N-methyl/N-ethyl adjacent to an activating group) is 1. The maximum absolute atomic E-state index is 11.6. The second kappa shape index (κ2) is 5.94. The molecule has 0 heterocycles. The molecule has 0 N–H and O–H groups in total. The van der Waals surface area contributed by atoms with E-state index in [1.807, 2.05) is 0 Å². The van der Waals surface area contributed by atoms with E-state index in [0.717, 1.165) is 0 Å². The van der Waals surface area contributed by atoms with Crippen molar-refractivity contribution in [2.24, 2.45) is 0 Å². The summed E-state index contributed by atoms with van der Waals surface area (Å²) in [6.45, 7) is 1.49. The number of carbonyl (C=O) groups excluding carboxylic acids is 2. The van der Waals surface area contributed by atoms with E-state index in [4.69, 9.17) is 4.74 Å². The lowest BCUT2D eigenvalue weighted by molar-refractivity contribution is -0.386. The Labute approximate surface area is 109 Å². The Kier molecular flexibility index (Phi) is 4.57. The van der Waals surface area contributed by atoms with Crippen molar-refractivity contribution in [1.82, 2.24) is 4.90 Å². The Bertz CT molecular complexity index is 513. The Hall–Kier alpha value is -2.44. The van der Waals surface area contributed by atoms with Crippen LogP contribution >= 0.6 is 0 Å². The average molecular weight is 266 g/mol. The van der Waals surface area contributed by atoms with Gasteiger partial charge in [0.05, 0.1) is 4.92 Å². The van der Waals surface area contributed by atoms with Gasteiger partial charge in [0.25, 0.3) is 5.91 Å². The highest BCUT2D eigenvalue weighted by Gasteiger charge is 2.22. The number of nitrogens with zero attached hydrogens (tertiary/aromatic N) is 2. The monoisotopic (exact) mass is 266 g/mol. The molecule has 0 fully saturated rings. The first kappa shape index (κ1) is 14.6. The zero-order valence-electron chi connectivity index (χ0n) is 10.8. The molecular weight excluding hydrogens is 252 g/mol. The second-order valence-electron chi connectivity index (χ2n) is 4.09. The van der Waals surface area contributed by atoms with Crippen molar-refractivity contribution in [2.45, 2.75) is 13.0 Å². The maximum Gasteiger partial charge on any atom is 0.310 e. The van der Waals surface area contributed by atoms with Gasteiger partial charge in [-0.15, -0.1) is 0 Å². The number of carbonyl (C=O) groups is 2. The molecule has 1 unspecified atom stereocenters. The van der Waals surface area contributed by atoms with Crippen molar-refractivity contribution in [3.63, 3.8) is 0 Å². The summed E-state index contributed by atoms with van der Waals surface area (Å²) in [5.74, 6) is -0.428. The molecule has 0 saturated heterocycles. The van der Waals surface area contributed by atoms with E-state index in [-0.39, 0.29) is 22.9 Å². The molecule has 0 radical (unpaired) electrons. The number of rotatable bonds is 5. The predicted octanol–water partition coefficient (Wildman–Crippen LogP) is 1.26. The van der Waals surface area contributed by atoms with Gasteiger partial charge in [0.1, 0.15) is 6.29 Å². The minimum Gasteiger partial charge on any atom is -0.474 e. The molecule has 7 heteroatoms. The number of hydrogen-bond acceptors (Lipinski definition) is 5. The first-order chi connectivity index (χ1) is 8.86. The highest BCUT2D eigenvalue weighted by atomic mass is 16.6. The summed E-state index contributed by atoms with van der Waals surface area (Å²) in [6, 6.07) is 3.73. The number of nitro benzene ring substituents is 1. The van der Waals surface area contributed by atoms with Gasteiger partial charge in [0, 0.05) is 25.7 Å². The topological polar surface area (TPSA) is 89.7 Å². The zero-order valence-corrected chi connectivity index (χ0v) is 10.8. The van der Waals surface area contributed by atoms with Crippen molar-refractivity contribution >= 4 is 17.9 Å². The Balaban J connectivity index is 3.07. The summed E-state index contributed by atoms with van der Waals surface area (Å²) in [5, 5.41) is 10.8. The quantitative estimate of drug-likeness (QED) is 0.454. The van der Waals surface area contributed by atoms with E-state index in [0.29, 0.717) is 6.29 Å². The molecule has 1 atom stereocenters. The minimum absolute atomic E-state index is 0.0997. The van der Waals surface area contributed by atoms with Gasteiger partial charge in [-0.25, -0.2) is 0 Å². The van der Waals surface area contributed by atoms with E-state index in [9.17, 15) is 19.7 Å². The first-order valence-corrected chi connectivity index (χ1v) is 5.48. The highest BCUT2D eigenvalue weighted by Crippen LogP contribution is 2.28. The fraction of sp³-hybridized carbons (Fsp3) is 0.333. The maximum atomic E-state index is 11.6. The summed E-state index contributed by atoms with van der Waals surface area (Å²) >= 11 is 0. The van der Waals surface area contributed by atoms with E-state index in [1.54, 1.807) is 14.1 Å². The first-order valence-electron chi connectivity index (χ1n) is 5.48. The molecule has 1 rings (SSSR count). The summed E-state index contributed by atoms with van der Waals surface area (Å²) in [7, 11) is 3.11. The van der Waals surface area contributed by atoms with Crippen LogP contribution in [-0.2, 0) is 4.79 Å². The van der Waals surface area contributed by atoms with Gasteiger partial charge in [-0.05, 0) is 19.1 Å². The van der Waals surface area contributed by atoms with Crippen LogP contribution in [0.25, 0.3) is 0 Å². The molecule has 102 valence electrons. The van der Waals surface area contributed by atoms with Crippen LogP contribution in [0, 0.1) is 10.1 Å². The lowest BCUT2D eigenvalue weighted by Gasteiger charge is -2.18. The number of aldehydes is 1. The Morgan fingerprint density at radius 1 is 1.47 bits per heavy atom. The third-order valence-corrected chi connectivity index (χ3v) is 2.41. The molecule has 0 aliphatic carbocycles. The SMILES string of the molecule is CC(Oc1cc(C=O)ccc1[N+](=O)[O-])C(=O)N(C)C. The number of benzene rings is 1. The third kappa shape index (κ3) is 3.51.